The van der Waals surface area contributed by atoms with Crippen molar-refractivity contribution in [3.05, 3.63) is 11.9 Å². The van der Waals surface area contributed by atoms with Gasteiger partial charge in [-0.25, -0.2) is 9.97 Å². The Labute approximate surface area is 122 Å². The molecule has 0 aromatic carbocycles. The molecule has 0 amide bonds. The van der Waals surface area contributed by atoms with Crippen molar-refractivity contribution < 1.29 is 4.74 Å². The van der Waals surface area contributed by atoms with E-state index in [2.05, 4.69) is 48.3 Å². The van der Waals surface area contributed by atoms with Crippen molar-refractivity contribution in [3.63, 3.8) is 0 Å². The van der Waals surface area contributed by atoms with Crippen molar-refractivity contribution in [1.82, 2.24) is 9.97 Å². The molecule has 0 radical (unpaired) electrons. The van der Waals surface area contributed by atoms with Gasteiger partial charge < -0.3 is 15.4 Å². The largest absolute Gasteiger partial charge is 0.380 e. The fourth-order valence-corrected chi connectivity index (χ4v) is 1.69. The molecule has 5 nitrogen and oxygen atoms in total. The van der Waals surface area contributed by atoms with E-state index in [4.69, 9.17) is 4.74 Å². The van der Waals surface area contributed by atoms with Gasteiger partial charge in [0.2, 0.25) is 0 Å². The number of aromatic nitrogens is 2. The molecule has 0 aliphatic rings. The maximum Gasteiger partial charge on any atom is 0.135 e. The topological polar surface area (TPSA) is 59.1 Å². The highest BCUT2D eigenvalue weighted by molar-refractivity contribution is 5.47. The Kier molecular flexibility index (Phi) is 7.95. The smallest absolute Gasteiger partial charge is 0.135 e. The van der Waals surface area contributed by atoms with Gasteiger partial charge >= 0.3 is 0 Å². The number of hydrogen-bond donors (Lipinski definition) is 2. The van der Waals surface area contributed by atoms with Gasteiger partial charge in [-0.1, -0.05) is 27.2 Å². The average molecular weight is 280 g/mol. The minimum atomic E-state index is 0.315. The van der Waals surface area contributed by atoms with Crippen LogP contribution in [0.2, 0.25) is 0 Å². The molecule has 1 aromatic heterocycles. The first-order valence-corrected chi connectivity index (χ1v) is 7.61. The molecule has 0 fully saturated rings. The van der Waals surface area contributed by atoms with Crippen LogP contribution in [0.4, 0.5) is 11.6 Å². The molecule has 1 rings (SSSR count). The van der Waals surface area contributed by atoms with E-state index in [1.807, 2.05) is 6.07 Å². The standard InChI is InChI=1S/C15H28N4O/c1-5-7-9-20-10-8-17-14-11-13(16-6-2)18-15(19-14)12(3)4/h11-12H,5-10H2,1-4H3,(H2,16,17,18,19). The number of ether oxygens (including phenoxy) is 1. The number of rotatable bonds is 10. The second-order valence-electron chi connectivity index (χ2n) is 5.07. The van der Waals surface area contributed by atoms with E-state index in [-0.39, 0.29) is 0 Å². The molecule has 1 aromatic rings. The third-order valence-electron chi connectivity index (χ3n) is 2.81. The third kappa shape index (κ3) is 6.19. The Morgan fingerprint density at radius 1 is 1.10 bits per heavy atom. The van der Waals surface area contributed by atoms with Gasteiger partial charge in [0.1, 0.15) is 17.5 Å². The molecule has 0 spiro atoms. The van der Waals surface area contributed by atoms with Gasteiger partial charge in [0.05, 0.1) is 6.61 Å². The second-order valence-corrected chi connectivity index (χ2v) is 5.07. The quantitative estimate of drug-likeness (QED) is 0.644. The summed E-state index contributed by atoms with van der Waals surface area (Å²) in [5.74, 6) is 2.91. The monoisotopic (exact) mass is 280 g/mol. The highest BCUT2D eigenvalue weighted by Crippen LogP contribution is 2.16. The molecule has 20 heavy (non-hydrogen) atoms. The van der Waals surface area contributed by atoms with E-state index < -0.39 is 0 Å². The highest BCUT2D eigenvalue weighted by Gasteiger charge is 2.07. The van der Waals surface area contributed by atoms with Gasteiger partial charge in [0.25, 0.3) is 0 Å². The first-order valence-electron chi connectivity index (χ1n) is 7.61. The molecule has 0 saturated carbocycles. The zero-order valence-electron chi connectivity index (χ0n) is 13.2. The van der Waals surface area contributed by atoms with Crippen LogP contribution in [0.1, 0.15) is 52.3 Å². The van der Waals surface area contributed by atoms with Crippen molar-refractivity contribution in [2.75, 3.05) is 36.9 Å². The molecular formula is C15H28N4O. The summed E-state index contributed by atoms with van der Waals surface area (Å²) in [6.45, 7) is 11.6. The fraction of sp³-hybridized carbons (Fsp3) is 0.733. The Hall–Kier alpha value is -1.36. The molecule has 0 aliphatic heterocycles. The lowest BCUT2D eigenvalue weighted by atomic mass is 10.2. The van der Waals surface area contributed by atoms with Crippen molar-refractivity contribution >= 4 is 11.6 Å². The summed E-state index contributed by atoms with van der Waals surface area (Å²) in [5.41, 5.74) is 0. The van der Waals surface area contributed by atoms with Crippen LogP contribution in [0.5, 0.6) is 0 Å². The van der Waals surface area contributed by atoms with Gasteiger partial charge in [-0.2, -0.15) is 0 Å². The van der Waals surface area contributed by atoms with E-state index in [0.717, 1.165) is 43.6 Å². The minimum absolute atomic E-state index is 0.315. The number of unbranched alkanes of at least 4 members (excludes halogenated alkanes) is 1. The third-order valence-corrected chi connectivity index (χ3v) is 2.81. The molecule has 0 unspecified atom stereocenters. The van der Waals surface area contributed by atoms with E-state index in [9.17, 15) is 0 Å². The molecule has 0 aliphatic carbocycles. The summed E-state index contributed by atoms with van der Waals surface area (Å²) in [6.07, 6.45) is 2.29. The van der Waals surface area contributed by atoms with Crippen LogP contribution in [0.3, 0.4) is 0 Å². The lowest BCUT2D eigenvalue weighted by Gasteiger charge is -2.12. The van der Waals surface area contributed by atoms with Crippen LogP contribution in [0, 0.1) is 0 Å². The summed E-state index contributed by atoms with van der Waals surface area (Å²) in [5, 5.41) is 6.54. The Bertz CT molecular complexity index is 382. The molecule has 114 valence electrons. The van der Waals surface area contributed by atoms with E-state index >= 15 is 0 Å². The minimum Gasteiger partial charge on any atom is -0.380 e. The lowest BCUT2D eigenvalue weighted by Crippen LogP contribution is -2.13. The highest BCUT2D eigenvalue weighted by atomic mass is 16.5. The lowest BCUT2D eigenvalue weighted by molar-refractivity contribution is 0.141. The zero-order valence-corrected chi connectivity index (χ0v) is 13.2. The van der Waals surface area contributed by atoms with Crippen LogP contribution in [0.25, 0.3) is 0 Å². The molecule has 5 heteroatoms. The SMILES string of the molecule is CCCCOCCNc1cc(NCC)nc(C(C)C)n1. The van der Waals surface area contributed by atoms with Crippen LogP contribution in [0.15, 0.2) is 6.07 Å². The van der Waals surface area contributed by atoms with Gasteiger partial charge in [-0.3, -0.25) is 0 Å². The zero-order chi connectivity index (χ0) is 14.8. The van der Waals surface area contributed by atoms with Crippen LogP contribution >= 0.6 is 0 Å². The molecule has 0 atom stereocenters. The van der Waals surface area contributed by atoms with Gasteiger partial charge in [-0.15, -0.1) is 0 Å². The summed E-state index contributed by atoms with van der Waals surface area (Å²) in [7, 11) is 0. The summed E-state index contributed by atoms with van der Waals surface area (Å²) >= 11 is 0. The van der Waals surface area contributed by atoms with Crippen molar-refractivity contribution in [1.29, 1.82) is 0 Å². The van der Waals surface area contributed by atoms with Crippen molar-refractivity contribution in [2.24, 2.45) is 0 Å². The number of anilines is 2. The van der Waals surface area contributed by atoms with E-state index in [1.54, 1.807) is 0 Å². The summed E-state index contributed by atoms with van der Waals surface area (Å²) in [6, 6.07) is 1.95. The van der Waals surface area contributed by atoms with Crippen LogP contribution in [-0.4, -0.2) is 36.3 Å². The Morgan fingerprint density at radius 2 is 1.80 bits per heavy atom. The van der Waals surface area contributed by atoms with Crippen LogP contribution in [-0.2, 0) is 4.74 Å². The summed E-state index contributed by atoms with van der Waals surface area (Å²) < 4.78 is 5.53. The number of hydrogen-bond acceptors (Lipinski definition) is 5. The molecular weight excluding hydrogens is 252 g/mol. The molecule has 0 saturated heterocycles. The van der Waals surface area contributed by atoms with Crippen molar-refractivity contribution in [3.8, 4) is 0 Å². The maximum atomic E-state index is 5.53. The maximum absolute atomic E-state index is 5.53. The summed E-state index contributed by atoms with van der Waals surface area (Å²) in [4.78, 5) is 9.03. The second kappa shape index (κ2) is 9.53. The van der Waals surface area contributed by atoms with E-state index in [0.29, 0.717) is 12.5 Å². The van der Waals surface area contributed by atoms with Crippen LogP contribution < -0.4 is 10.6 Å². The normalized spacial score (nSPS) is 10.8. The Morgan fingerprint density at radius 3 is 2.40 bits per heavy atom. The molecule has 0 bridgehead atoms. The van der Waals surface area contributed by atoms with Gasteiger partial charge in [0, 0.05) is 31.7 Å². The first-order chi connectivity index (χ1) is 9.67. The van der Waals surface area contributed by atoms with Crippen molar-refractivity contribution in [2.45, 2.75) is 46.5 Å². The first kappa shape index (κ1) is 16.7. The predicted octanol–water partition coefficient (Wildman–Crippen LogP) is 3.26. The Balaban J connectivity index is 2.50. The molecule has 1 heterocycles. The predicted molar refractivity (Wildman–Crippen MR) is 84.5 cm³/mol. The fourth-order valence-electron chi connectivity index (χ4n) is 1.69. The van der Waals surface area contributed by atoms with E-state index in [1.165, 1.54) is 6.42 Å². The number of nitrogens with one attached hydrogen (secondary N) is 2. The average Bonchev–Trinajstić information content (AvgIpc) is 2.43. The van der Waals surface area contributed by atoms with Gasteiger partial charge in [0.15, 0.2) is 0 Å². The molecule has 2 N–H and O–H groups in total. The number of nitrogens with zero attached hydrogens (tertiary/aromatic N) is 2. The van der Waals surface area contributed by atoms with Gasteiger partial charge in [-0.05, 0) is 13.3 Å².